The van der Waals surface area contributed by atoms with Crippen LogP contribution in [-0.4, -0.2) is 23.5 Å². The van der Waals surface area contributed by atoms with Crippen LogP contribution in [0.2, 0.25) is 0 Å². The molecule has 0 aromatic rings. The Labute approximate surface area is 90.7 Å². The topological polar surface area (TPSA) is 66.4 Å². The van der Waals surface area contributed by atoms with E-state index in [1.54, 1.807) is 6.92 Å². The molecule has 0 saturated heterocycles. The predicted octanol–water partition coefficient (Wildman–Crippen LogP) is 1.74. The standard InChI is InChI=1S/C8H15NO.C3H4O2/c1-4-5-6-9-8(10)7(2)3;1-2-3(4)5/h2,4-6H2,1,3H3,(H,9,10);2H,1H2,(H,4,5). The van der Waals surface area contributed by atoms with Gasteiger partial charge in [0.2, 0.25) is 5.91 Å². The van der Waals surface area contributed by atoms with Gasteiger partial charge in [-0.15, -0.1) is 0 Å². The maximum absolute atomic E-state index is 10.8. The van der Waals surface area contributed by atoms with Crippen molar-refractivity contribution >= 4 is 11.9 Å². The number of carboxylic acids is 1. The zero-order valence-corrected chi connectivity index (χ0v) is 9.38. The molecule has 0 atom stereocenters. The lowest BCUT2D eigenvalue weighted by Gasteiger charge is -2.01. The number of unbranched alkanes of at least 4 members (excludes halogenated alkanes) is 1. The monoisotopic (exact) mass is 213 g/mol. The summed E-state index contributed by atoms with van der Waals surface area (Å²) in [5.74, 6) is -1.02. The molecule has 1 amide bonds. The summed E-state index contributed by atoms with van der Waals surface area (Å²) >= 11 is 0. The van der Waals surface area contributed by atoms with E-state index in [2.05, 4.69) is 25.4 Å². The van der Waals surface area contributed by atoms with Gasteiger partial charge in [0, 0.05) is 18.2 Å². The van der Waals surface area contributed by atoms with Gasteiger partial charge in [-0.05, 0) is 13.3 Å². The highest BCUT2D eigenvalue weighted by molar-refractivity contribution is 5.91. The van der Waals surface area contributed by atoms with Crippen molar-refractivity contribution in [2.75, 3.05) is 6.54 Å². The summed E-state index contributed by atoms with van der Waals surface area (Å²) in [5, 5.41) is 10.3. The smallest absolute Gasteiger partial charge is 0.327 e. The highest BCUT2D eigenvalue weighted by Crippen LogP contribution is 1.87. The van der Waals surface area contributed by atoms with Crippen molar-refractivity contribution < 1.29 is 14.7 Å². The molecule has 4 heteroatoms. The highest BCUT2D eigenvalue weighted by Gasteiger charge is 1.97. The van der Waals surface area contributed by atoms with E-state index in [0.717, 1.165) is 25.5 Å². The third kappa shape index (κ3) is 15.2. The Morgan fingerprint density at radius 2 is 1.93 bits per heavy atom. The van der Waals surface area contributed by atoms with Gasteiger partial charge in [0.25, 0.3) is 0 Å². The Kier molecular flexibility index (Phi) is 11.1. The van der Waals surface area contributed by atoms with Gasteiger partial charge in [0.1, 0.15) is 0 Å². The minimum Gasteiger partial charge on any atom is -0.478 e. The van der Waals surface area contributed by atoms with Crippen LogP contribution in [0.3, 0.4) is 0 Å². The fraction of sp³-hybridized carbons (Fsp3) is 0.455. The molecule has 2 N–H and O–H groups in total. The van der Waals surface area contributed by atoms with Gasteiger partial charge < -0.3 is 10.4 Å². The lowest BCUT2D eigenvalue weighted by atomic mass is 10.3. The second-order valence-corrected chi connectivity index (χ2v) is 2.93. The number of aliphatic carboxylic acids is 1. The Morgan fingerprint density at radius 1 is 1.47 bits per heavy atom. The molecule has 0 aromatic heterocycles. The van der Waals surface area contributed by atoms with Crippen molar-refractivity contribution in [1.29, 1.82) is 0 Å². The number of rotatable bonds is 5. The van der Waals surface area contributed by atoms with E-state index in [4.69, 9.17) is 5.11 Å². The molecule has 0 aromatic carbocycles. The van der Waals surface area contributed by atoms with Crippen LogP contribution in [-0.2, 0) is 9.59 Å². The number of amides is 1. The summed E-state index contributed by atoms with van der Waals surface area (Å²) in [6, 6.07) is 0. The van der Waals surface area contributed by atoms with Gasteiger partial charge in [-0.25, -0.2) is 4.79 Å². The van der Waals surface area contributed by atoms with Crippen LogP contribution in [0.25, 0.3) is 0 Å². The van der Waals surface area contributed by atoms with Crippen LogP contribution >= 0.6 is 0 Å². The summed E-state index contributed by atoms with van der Waals surface area (Å²) in [5.41, 5.74) is 0.580. The number of nitrogens with one attached hydrogen (secondary N) is 1. The SMILES string of the molecule is C=C(C)C(=O)NCCCC.C=CC(=O)O. The van der Waals surface area contributed by atoms with Gasteiger partial charge in [0.15, 0.2) is 0 Å². The van der Waals surface area contributed by atoms with E-state index in [-0.39, 0.29) is 5.91 Å². The number of carbonyl (C=O) groups excluding carboxylic acids is 1. The molecule has 4 nitrogen and oxygen atoms in total. The quantitative estimate of drug-likeness (QED) is 0.540. The van der Waals surface area contributed by atoms with E-state index in [1.807, 2.05) is 0 Å². The van der Waals surface area contributed by atoms with Gasteiger partial charge >= 0.3 is 5.97 Å². The van der Waals surface area contributed by atoms with Crippen LogP contribution < -0.4 is 5.32 Å². The second-order valence-electron chi connectivity index (χ2n) is 2.93. The molecule has 0 saturated carbocycles. The van der Waals surface area contributed by atoms with E-state index in [1.165, 1.54) is 0 Å². The molecule has 0 bridgehead atoms. The Balaban J connectivity index is 0. The van der Waals surface area contributed by atoms with Crippen molar-refractivity contribution in [2.24, 2.45) is 0 Å². The fourth-order valence-electron chi connectivity index (χ4n) is 0.530. The van der Waals surface area contributed by atoms with Gasteiger partial charge in [0.05, 0.1) is 0 Å². The molecular weight excluding hydrogens is 194 g/mol. The molecule has 0 aliphatic carbocycles. The van der Waals surface area contributed by atoms with Crippen molar-refractivity contribution in [3.63, 3.8) is 0 Å². The van der Waals surface area contributed by atoms with Crippen molar-refractivity contribution in [3.05, 3.63) is 24.8 Å². The largest absolute Gasteiger partial charge is 0.478 e. The summed E-state index contributed by atoms with van der Waals surface area (Å²) in [7, 11) is 0. The molecule has 0 radical (unpaired) electrons. The zero-order chi connectivity index (χ0) is 12.3. The van der Waals surface area contributed by atoms with Crippen LogP contribution in [0.4, 0.5) is 0 Å². The molecule has 86 valence electrons. The molecule has 15 heavy (non-hydrogen) atoms. The minimum absolute atomic E-state index is 0.0338. The summed E-state index contributed by atoms with van der Waals surface area (Å²) < 4.78 is 0. The Bertz CT molecular complexity index is 234. The molecule has 0 unspecified atom stereocenters. The molecule has 0 heterocycles. The molecule has 0 fully saturated rings. The molecule has 0 aliphatic rings. The van der Waals surface area contributed by atoms with Crippen LogP contribution in [0, 0.1) is 0 Å². The third-order valence-corrected chi connectivity index (χ3v) is 1.38. The first-order chi connectivity index (χ1) is 6.95. The second kappa shape index (κ2) is 10.5. The maximum atomic E-state index is 10.8. The summed E-state index contributed by atoms with van der Waals surface area (Å²) in [6.45, 7) is 11.0. The average Bonchev–Trinajstić information content (AvgIpc) is 2.18. The molecular formula is C11H19NO3. The number of carboxylic acid groups (broad SMARTS) is 1. The average molecular weight is 213 g/mol. The maximum Gasteiger partial charge on any atom is 0.327 e. The Hall–Kier alpha value is -1.58. The predicted molar refractivity (Wildman–Crippen MR) is 60.6 cm³/mol. The fourth-order valence-corrected chi connectivity index (χ4v) is 0.530. The Morgan fingerprint density at radius 3 is 2.20 bits per heavy atom. The summed E-state index contributed by atoms with van der Waals surface area (Å²) in [4.78, 5) is 20.1. The van der Waals surface area contributed by atoms with Crippen LogP contribution in [0.1, 0.15) is 26.7 Å². The number of carbonyl (C=O) groups is 2. The summed E-state index contributed by atoms with van der Waals surface area (Å²) in [6.07, 6.45) is 2.98. The number of hydrogen-bond acceptors (Lipinski definition) is 2. The van der Waals surface area contributed by atoms with Crippen molar-refractivity contribution in [3.8, 4) is 0 Å². The van der Waals surface area contributed by atoms with E-state index < -0.39 is 5.97 Å². The van der Waals surface area contributed by atoms with Crippen LogP contribution in [0.15, 0.2) is 24.8 Å². The lowest BCUT2D eigenvalue weighted by molar-refractivity contribution is -0.131. The lowest BCUT2D eigenvalue weighted by Crippen LogP contribution is -2.24. The van der Waals surface area contributed by atoms with Gasteiger partial charge in [-0.1, -0.05) is 26.5 Å². The molecule has 0 rings (SSSR count). The zero-order valence-electron chi connectivity index (χ0n) is 9.38. The van der Waals surface area contributed by atoms with E-state index in [9.17, 15) is 9.59 Å². The first-order valence-corrected chi connectivity index (χ1v) is 4.74. The first-order valence-electron chi connectivity index (χ1n) is 4.74. The minimum atomic E-state index is -0.981. The van der Waals surface area contributed by atoms with Crippen molar-refractivity contribution in [2.45, 2.75) is 26.7 Å². The molecule has 0 aliphatic heterocycles. The number of hydrogen-bond donors (Lipinski definition) is 2. The van der Waals surface area contributed by atoms with Gasteiger partial charge in [-0.3, -0.25) is 4.79 Å². The normalized spacial score (nSPS) is 8.13. The van der Waals surface area contributed by atoms with E-state index in [0.29, 0.717) is 5.57 Å². The van der Waals surface area contributed by atoms with Gasteiger partial charge in [-0.2, -0.15) is 0 Å². The van der Waals surface area contributed by atoms with E-state index >= 15 is 0 Å². The molecule has 0 spiro atoms. The van der Waals surface area contributed by atoms with Crippen molar-refractivity contribution in [1.82, 2.24) is 5.32 Å². The van der Waals surface area contributed by atoms with Crippen LogP contribution in [0.5, 0.6) is 0 Å². The highest BCUT2D eigenvalue weighted by atomic mass is 16.4. The third-order valence-electron chi connectivity index (χ3n) is 1.38. The first kappa shape index (κ1) is 15.9.